The predicted octanol–water partition coefficient (Wildman–Crippen LogP) is 3.65. The van der Waals surface area contributed by atoms with Gasteiger partial charge in [0.2, 0.25) is 0 Å². The second-order valence-corrected chi connectivity index (χ2v) is 5.03. The maximum Gasteiger partial charge on any atom is 0.181 e. The number of benzene rings is 1. The highest BCUT2D eigenvalue weighted by Gasteiger charge is 2.13. The maximum atomic E-state index is 12.0. The van der Waals surface area contributed by atoms with Crippen molar-refractivity contribution in [2.24, 2.45) is 0 Å². The second-order valence-electron chi connectivity index (χ2n) is 3.52. The summed E-state index contributed by atoms with van der Waals surface area (Å²) in [5.41, 5.74) is 3.76. The molecule has 82 valence electrons. The fourth-order valence-corrected chi connectivity index (χ4v) is 2.60. The number of rotatable bonds is 5. The van der Waals surface area contributed by atoms with E-state index in [0.29, 0.717) is 14.1 Å². The summed E-state index contributed by atoms with van der Waals surface area (Å²) in [5, 5.41) is 0. The summed E-state index contributed by atoms with van der Waals surface area (Å²) in [7, 11) is 0.426. The van der Waals surface area contributed by atoms with Crippen molar-refractivity contribution in [3.63, 3.8) is 0 Å². The Morgan fingerprint density at radius 2 is 1.67 bits per heavy atom. The molecule has 1 rings (SSSR count). The molecule has 0 saturated carbocycles. The molecule has 0 saturated heterocycles. The highest BCUT2D eigenvalue weighted by Crippen LogP contribution is 2.25. The van der Waals surface area contributed by atoms with Gasteiger partial charge in [-0.3, -0.25) is 4.79 Å². The van der Waals surface area contributed by atoms with E-state index in [0.717, 1.165) is 24.6 Å². The Hall–Kier alpha value is -0.680. The van der Waals surface area contributed by atoms with Gasteiger partial charge in [0.15, 0.2) is 5.52 Å². The van der Waals surface area contributed by atoms with Gasteiger partial charge >= 0.3 is 0 Å². The van der Waals surface area contributed by atoms with Crippen LogP contribution in [0.25, 0.3) is 0 Å². The Labute approximate surface area is 94.1 Å². The summed E-state index contributed by atoms with van der Waals surface area (Å²) >= 11 is 0. The average Bonchev–Trinajstić information content (AvgIpc) is 2.28. The Balaban J connectivity index is 3.15. The summed E-state index contributed by atoms with van der Waals surface area (Å²) in [5.74, 6) is 0. The lowest BCUT2D eigenvalue weighted by molar-refractivity contribution is 0.108. The smallest absolute Gasteiger partial charge is 0.181 e. The van der Waals surface area contributed by atoms with Crippen LogP contribution in [-0.4, -0.2) is 11.7 Å². The van der Waals surface area contributed by atoms with Gasteiger partial charge in [-0.05, 0) is 38.7 Å². The van der Waals surface area contributed by atoms with E-state index in [1.54, 1.807) is 0 Å². The van der Waals surface area contributed by atoms with Crippen LogP contribution in [0.3, 0.4) is 0 Å². The van der Waals surface area contributed by atoms with E-state index in [2.05, 4.69) is 39.0 Å². The molecule has 0 spiro atoms. The van der Waals surface area contributed by atoms with Gasteiger partial charge in [0.25, 0.3) is 0 Å². The first kappa shape index (κ1) is 12.4. The molecule has 2 heteroatoms. The molecule has 0 amide bonds. The molecule has 15 heavy (non-hydrogen) atoms. The van der Waals surface area contributed by atoms with E-state index >= 15 is 0 Å². The predicted molar refractivity (Wildman–Crippen MR) is 68.4 cm³/mol. The first-order chi connectivity index (χ1) is 7.24. The molecule has 0 radical (unpaired) electrons. The Bertz CT molecular complexity index is 322. The molecular formula is C13H19OP. The molecule has 0 aliphatic carbocycles. The Morgan fingerprint density at radius 1 is 1.13 bits per heavy atom. The molecule has 0 aliphatic heterocycles. The molecule has 0 aromatic heterocycles. The van der Waals surface area contributed by atoms with E-state index in [1.165, 1.54) is 11.1 Å². The SMILES string of the molecule is CCPC(=O)c1c(CC)cccc1CC. The summed E-state index contributed by atoms with van der Waals surface area (Å²) < 4.78 is 0. The van der Waals surface area contributed by atoms with E-state index in [9.17, 15) is 4.79 Å². The minimum Gasteiger partial charge on any atom is -0.289 e. The third-order valence-corrected chi connectivity index (χ3v) is 3.49. The van der Waals surface area contributed by atoms with E-state index < -0.39 is 0 Å². The van der Waals surface area contributed by atoms with Crippen LogP contribution in [-0.2, 0) is 12.8 Å². The van der Waals surface area contributed by atoms with Crippen LogP contribution >= 0.6 is 8.58 Å². The van der Waals surface area contributed by atoms with Gasteiger partial charge in [0.05, 0.1) is 0 Å². The van der Waals surface area contributed by atoms with Gasteiger partial charge in [-0.25, -0.2) is 0 Å². The van der Waals surface area contributed by atoms with E-state index in [4.69, 9.17) is 0 Å². The zero-order valence-electron chi connectivity index (χ0n) is 9.76. The van der Waals surface area contributed by atoms with Crippen molar-refractivity contribution >= 4 is 14.1 Å². The fourth-order valence-electron chi connectivity index (χ4n) is 1.78. The first-order valence-electron chi connectivity index (χ1n) is 5.63. The van der Waals surface area contributed by atoms with Crippen LogP contribution in [0, 0.1) is 0 Å². The van der Waals surface area contributed by atoms with Gasteiger partial charge in [-0.15, -0.1) is 0 Å². The molecule has 1 atom stereocenters. The standard InChI is InChI=1S/C13H19OP/c1-4-10-8-7-9-11(5-2)12(10)13(14)15-6-3/h7-9,15H,4-6H2,1-3H3. The van der Waals surface area contributed by atoms with Gasteiger partial charge in [-0.1, -0.05) is 39.0 Å². The highest BCUT2D eigenvalue weighted by atomic mass is 31.1. The van der Waals surface area contributed by atoms with Crippen molar-refractivity contribution in [1.29, 1.82) is 0 Å². The minimum atomic E-state index is 0.340. The average molecular weight is 222 g/mol. The van der Waals surface area contributed by atoms with Crippen LogP contribution in [0.4, 0.5) is 0 Å². The number of hydrogen-bond donors (Lipinski definition) is 0. The molecule has 0 aliphatic rings. The highest BCUT2D eigenvalue weighted by molar-refractivity contribution is 7.58. The topological polar surface area (TPSA) is 17.1 Å². The van der Waals surface area contributed by atoms with Crippen molar-refractivity contribution in [3.8, 4) is 0 Å². The van der Waals surface area contributed by atoms with Gasteiger partial charge in [-0.2, -0.15) is 0 Å². The first-order valence-corrected chi connectivity index (χ1v) is 6.84. The van der Waals surface area contributed by atoms with Crippen LogP contribution in [0.2, 0.25) is 0 Å². The van der Waals surface area contributed by atoms with Crippen molar-refractivity contribution in [2.75, 3.05) is 6.16 Å². The molecular weight excluding hydrogens is 203 g/mol. The molecule has 0 heterocycles. The van der Waals surface area contributed by atoms with E-state index in [1.807, 2.05) is 0 Å². The fraction of sp³-hybridized carbons (Fsp3) is 0.462. The molecule has 0 N–H and O–H groups in total. The van der Waals surface area contributed by atoms with Gasteiger partial charge in [0.1, 0.15) is 0 Å². The molecule has 1 nitrogen and oxygen atoms in total. The van der Waals surface area contributed by atoms with Crippen molar-refractivity contribution in [2.45, 2.75) is 33.6 Å². The van der Waals surface area contributed by atoms with Gasteiger partial charge < -0.3 is 0 Å². The van der Waals surface area contributed by atoms with Crippen molar-refractivity contribution < 1.29 is 4.79 Å². The Kier molecular flexibility index (Phi) is 4.98. The summed E-state index contributed by atoms with van der Waals surface area (Å²) in [6.07, 6.45) is 2.85. The van der Waals surface area contributed by atoms with Crippen LogP contribution < -0.4 is 0 Å². The second kappa shape index (κ2) is 6.02. The quantitative estimate of drug-likeness (QED) is 0.695. The molecule has 1 unspecified atom stereocenters. The molecule has 0 fully saturated rings. The van der Waals surface area contributed by atoms with Crippen molar-refractivity contribution in [3.05, 3.63) is 34.9 Å². The van der Waals surface area contributed by atoms with E-state index in [-0.39, 0.29) is 0 Å². The summed E-state index contributed by atoms with van der Waals surface area (Å²) in [6, 6.07) is 6.21. The maximum absolute atomic E-state index is 12.0. The normalized spacial score (nSPS) is 11.1. The third kappa shape index (κ3) is 2.89. The monoisotopic (exact) mass is 222 g/mol. The largest absolute Gasteiger partial charge is 0.289 e. The minimum absolute atomic E-state index is 0.340. The molecule has 1 aromatic rings. The van der Waals surface area contributed by atoms with Gasteiger partial charge in [0, 0.05) is 5.56 Å². The van der Waals surface area contributed by atoms with Crippen LogP contribution in [0.1, 0.15) is 42.3 Å². The number of hydrogen-bond acceptors (Lipinski definition) is 1. The lowest BCUT2D eigenvalue weighted by atomic mass is 9.98. The van der Waals surface area contributed by atoms with Crippen LogP contribution in [0.5, 0.6) is 0 Å². The molecule has 0 bridgehead atoms. The zero-order chi connectivity index (χ0) is 11.3. The third-order valence-electron chi connectivity index (χ3n) is 2.56. The lowest BCUT2D eigenvalue weighted by Crippen LogP contribution is -2.03. The number of carbonyl (C=O) groups is 1. The van der Waals surface area contributed by atoms with Crippen molar-refractivity contribution in [1.82, 2.24) is 0 Å². The summed E-state index contributed by atoms with van der Waals surface area (Å²) in [4.78, 5) is 12.0. The lowest BCUT2D eigenvalue weighted by Gasteiger charge is -2.11. The summed E-state index contributed by atoms with van der Waals surface area (Å²) in [6.45, 7) is 6.29. The Morgan fingerprint density at radius 3 is 2.07 bits per heavy atom. The molecule has 1 aromatic carbocycles. The van der Waals surface area contributed by atoms with Crippen LogP contribution in [0.15, 0.2) is 18.2 Å². The number of aryl methyl sites for hydroxylation is 2. The zero-order valence-corrected chi connectivity index (χ0v) is 10.8. The number of carbonyl (C=O) groups excluding carboxylic acids is 1.